The molecule has 0 bridgehead atoms. The van der Waals surface area contributed by atoms with Gasteiger partial charge in [0.2, 0.25) is 0 Å². The van der Waals surface area contributed by atoms with Crippen LogP contribution in [0.25, 0.3) is 0 Å². The normalized spacial score (nSPS) is 17.1. The van der Waals surface area contributed by atoms with E-state index in [1.165, 1.54) is 0 Å². The van der Waals surface area contributed by atoms with E-state index in [0.29, 0.717) is 17.9 Å². The molecule has 1 saturated heterocycles. The summed E-state index contributed by atoms with van der Waals surface area (Å²) in [5, 5.41) is 0. The van der Waals surface area contributed by atoms with Crippen molar-refractivity contribution in [2.75, 3.05) is 45.6 Å². The molecule has 2 N–H and O–H groups in total. The lowest BCUT2D eigenvalue weighted by Crippen LogP contribution is -2.43. The number of carbonyl (C=O) groups is 1. The van der Waals surface area contributed by atoms with E-state index in [-0.39, 0.29) is 5.97 Å². The third-order valence-electron chi connectivity index (χ3n) is 3.65. The second-order valence-electron chi connectivity index (χ2n) is 5.21. The fraction of sp³-hybridized carbons (Fsp3) is 0.533. The molecule has 0 aliphatic carbocycles. The second kappa shape index (κ2) is 6.72. The summed E-state index contributed by atoms with van der Waals surface area (Å²) in [6.07, 6.45) is 0. The second-order valence-corrected chi connectivity index (χ2v) is 5.21. The molecule has 5 nitrogen and oxygen atoms in total. The zero-order valence-corrected chi connectivity index (χ0v) is 12.3. The van der Waals surface area contributed by atoms with Gasteiger partial charge in [0.05, 0.1) is 12.2 Å². The van der Waals surface area contributed by atoms with Crippen molar-refractivity contribution in [3.8, 4) is 0 Å². The van der Waals surface area contributed by atoms with E-state index in [0.717, 1.165) is 38.3 Å². The standard InChI is InChI=1S/C15H23N3O2/c1-3-20-15(19)12-4-5-13(14(16)10-12)11-18-8-6-17(2)7-9-18/h4-5,10H,3,6-9,11,16H2,1-2H3. The van der Waals surface area contributed by atoms with Crippen LogP contribution in [0.3, 0.4) is 0 Å². The van der Waals surface area contributed by atoms with Crippen LogP contribution in [0, 0.1) is 0 Å². The number of carbonyl (C=O) groups excluding carboxylic acids is 1. The first kappa shape index (κ1) is 14.8. The summed E-state index contributed by atoms with van der Waals surface area (Å²) in [7, 11) is 2.14. The first-order valence-corrected chi connectivity index (χ1v) is 7.06. The molecule has 1 fully saturated rings. The summed E-state index contributed by atoms with van der Waals surface area (Å²) in [6, 6.07) is 5.43. The minimum Gasteiger partial charge on any atom is -0.462 e. The summed E-state index contributed by atoms with van der Waals surface area (Å²) in [5.74, 6) is -0.314. The first-order valence-electron chi connectivity index (χ1n) is 7.06. The lowest BCUT2D eigenvalue weighted by atomic mass is 10.1. The smallest absolute Gasteiger partial charge is 0.338 e. The molecular weight excluding hydrogens is 254 g/mol. The SMILES string of the molecule is CCOC(=O)c1ccc(CN2CCN(C)CC2)c(N)c1. The van der Waals surface area contributed by atoms with Crippen LogP contribution in [0.2, 0.25) is 0 Å². The van der Waals surface area contributed by atoms with E-state index in [9.17, 15) is 4.79 Å². The van der Waals surface area contributed by atoms with Crippen LogP contribution in [0.1, 0.15) is 22.8 Å². The van der Waals surface area contributed by atoms with Gasteiger partial charge in [-0.15, -0.1) is 0 Å². The number of likely N-dealkylation sites (N-methyl/N-ethyl adjacent to an activating group) is 1. The Bertz CT molecular complexity index is 468. The molecule has 1 aliphatic heterocycles. The summed E-state index contributed by atoms with van der Waals surface area (Å²) in [5.41, 5.74) is 8.31. The monoisotopic (exact) mass is 277 g/mol. The van der Waals surface area contributed by atoms with E-state index >= 15 is 0 Å². The molecule has 0 radical (unpaired) electrons. The number of benzene rings is 1. The summed E-state index contributed by atoms with van der Waals surface area (Å²) >= 11 is 0. The number of ether oxygens (including phenoxy) is 1. The number of rotatable bonds is 4. The van der Waals surface area contributed by atoms with Gasteiger partial charge in [-0.25, -0.2) is 4.79 Å². The van der Waals surface area contributed by atoms with Crippen LogP contribution in [-0.2, 0) is 11.3 Å². The van der Waals surface area contributed by atoms with E-state index in [2.05, 4.69) is 16.8 Å². The minimum atomic E-state index is -0.314. The highest BCUT2D eigenvalue weighted by molar-refractivity contribution is 5.90. The molecule has 1 heterocycles. The van der Waals surface area contributed by atoms with Crippen molar-refractivity contribution < 1.29 is 9.53 Å². The zero-order valence-electron chi connectivity index (χ0n) is 12.3. The molecular formula is C15H23N3O2. The Balaban J connectivity index is 2.00. The first-order chi connectivity index (χ1) is 9.60. The highest BCUT2D eigenvalue weighted by Gasteiger charge is 2.15. The van der Waals surface area contributed by atoms with E-state index in [1.54, 1.807) is 19.1 Å². The topological polar surface area (TPSA) is 58.8 Å². The number of anilines is 1. The Labute approximate surface area is 120 Å². The number of nitrogens with zero attached hydrogens (tertiary/aromatic N) is 2. The quantitative estimate of drug-likeness (QED) is 0.662. The molecule has 0 amide bonds. The molecule has 1 aliphatic rings. The molecule has 20 heavy (non-hydrogen) atoms. The molecule has 5 heteroatoms. The Morgan fingerprint density at radius 1 is 1.30 bits per heavy atom. The fourth-order valence-corrected chi connectivity index (χ4v) is 2.33. The van der Waals surface area contributed by atoms with Crippen LogP contribution < -0.4 is 5.73 Å². The van der Waals surface area contributed by atoms with Crippen molar-refractivity contribution in [1.29, 1.82) is 0 Å². The maximum absolute atomic E-state index is 11.6. The Morgan fingerprint density at radius 3 is 2.60 bits per heavy atom. The highest BCUT2D eigenvalue weighted by atomic mass is 16.5. The van der Waals surface area contributed by atoms with Crippen molar-refractivity contribution >= 4 is 11.7 Å². The maximum Gasteiger partial charge on any atom is 0.338 e. The predicted molar refractivity (Wildman–Crippen MR) is 79.6 cm³/mol. The number of piperazine rings is 1. The number of esters is 1. The van der Waals surface area contributed by atoms with E-state index in [1.807, 2.05) is 6.07 Å². The predicted octanol–water partition coefficient (Wildman–Crippen LogP) is 1.19. The molecule has 0 spiro atoms. The van der Waals surface area contributed by atoms with Gasteiger partial charge in [0.1, 0.15) is 0 Å². The maximum atomic E-state index is 11.6. The van der Waals surface area contributed by atoms with Crippen LogP contribution in [0.5, 0.6) is 0 Å². The summed E-state index contributed by atoms with van der Waals surface area (Å²) < 4.78 is 4.97. The van der Waals surface area contributed by atoms with Gasteiger partial charge >= 0.3 is 5.97 Å². The van der Waals surface area contributed by atoms with Gasteiger partial charge in [0.15, 0.2) is 0 Å². The van der Waals surface area contributed by atoms with Gasteiger partial charge in [0, 0.05) is 38.4 Å². The lowest BCUT2D eigenvalue weighted by molar-refractivity contribution is 0.0526. The number of hydrogen-bond donors (Lipinski definition) is 1. The largest absolute Gasteiger partial charge is 0.462 e. The lowest BCUT2D eigenvalue weighted by Gasteiger charge is -2.32. The van der Waals surface area contributed by atoms with Crippen LogP contribution in [0.4, 0.5) is 5.69 Å². The minimum absolute atomic E-state index is 0.314. The van der Waals surface area contributed by atoms with Crippen molar-refractivity contribution in [3.05, 3.63) is 29.3 Å². The van der Waals surface area contributed by atoms with Crippen molar-refractivity contribution in [1.82, 2.24) is 9.80 Å². The van der Waals surface area contributed by atoms with E-state index < -0.39 is 0 Å². The van der Waals surface area contributed by atoms with Crippen LogP contribution in [-0.4, -0.2) is 55.6 Å². The van der Waals surface area contributed by atoms with Gasteiger partial charge in [-0.05, 0) is 31.7 Å². The van der Waals surface area contributed by atoms with Crippen molar-refractivity contribution in [3.63, 3.8) is 0 Å². The van der Waals surface area contributed by atoms with Crippen molar-refractivity contribution in [2.45, 2.75) is 13.5 Å². The molecule has 1 aromatic rings. The fourth-order valence-electron chi connectivity index (χ4n) is 2.33. The Kier molecular flexibility index (Phi) is 4.98. The van der Waals surface area contributed by atoms with Crippen LogP contribution in [0.15, 0.2) is 18.2 Å². The average Bonchev–Trinajstić information content (AvgIpc) is 2.43. The van der Waals surface area contributed by atoms with E-state index in [4.69, 9.17) is 10.5 Å². The molecule has 0 aromatic heterocycles. The molecule has 0 saturated carbocycles. The molecule has 110 valence electrons. The molecule has 1 aromatic carbocycles. The summed E-state index contributed by atoms with van der Waals surface area (Å²) in [6.45, 7) is 7.28. The van der Waals surface area contributed by atoms with Crippen LogP contribution >= 0.6 is 0 Å². The van der Waals surface area contributed by atoms with Gasteiger partial charge in [-0.1, -0.05) is 6.07 Å². The summed E-state index contributed by atoms with van der Waals surface area (Å²) in [4.78, 5) is 16.3. The number of nitrogens with two attached hydrogens (primary N) is 1. The number of nitrogen functional groups attached to an aromatic ring is 1. The molecule has 2 rings (SSSR count). The van der Waals surface area contributed by atoms with Crippen molar-refractivity contribution in [2.24, 2.45) is 0 Å². The Hall–Kier alpha value is -1.59. The van der Waals surface area contributed by atoms with Gasteiger partial charge < -0.3 is 15.4 Å². The highest BCUT2D eigenvalue weighted by Crippen LogP contribution is 2.18. The third-order valence-corrected chi connectivity index (χ3v) is 3.65. The van der Waals surface area contributed by atoms with Gasteiger partial charge in [0.25, 0.3) is 0 Å². The average molecular weight is 277 g/mol. The number of hydrogen-bond acceptors (Lipinski definition) is 5. The molecule has 0 atom stereocenters. The van der Waals surface area contributed by atoms with Gasteiger partial charge in [-0.2, -0.15) is 0 Å². The molecule has 0 unspecified atom stereocenters. The Morgan fingerprint density at radius 2 is 2.00 bits per heavy atom. The third kappa shape index (κ3) is 3.71. The zero-order chi connectivity index (χ0) is 14.5. The van der Waals surface area contributed by atoms with Gasteiger partial charge in [-0.3, -0.25) is 4.90 Å².